The second-order valence-electron chi connectivity index (χ2n) is 2.90. The average molecular weight is 214 g/mol. The molecule has 0 radical (unpaired) electrons. The fraction of sp³-hybridized carbons (Fsp3) is 0.200. The molecule has 0 saturated heterocycles. The minimum atomic E-state index is -0.361. The Labute approximate surface area is 92.5 Å². The Hall–Kier alpha value is -2.42. The molecule has 1 aromatic rings. The highest BCUT2D eigenvalue weighted by Gasteiger charge is 2.03. The van der Waals surface area contributed by atoms with Crippen molar-refractivity contribution in [1.29, 1.82) is 0 Å². The monoisotopic (exact) mass is 214 g/mol. The summed E-state index contributed by atoms with van der Waals surface area (Å²) in [7, 11) is 0. The first kappa shape index (κ1) is 11.7. The molecule has 0 aliphatic rings. The van der Waals surface area contributed by atoms with E-state index in [0.717, 1.165) is 5.56 Å². The lowest BCUT2D eigenvalue weighted by molar-refractivity contribution is 0.891. The van der Waals surface area contributed by atoms with E-state index < -0.39 is 0 Å². The van der Waals surface area contributed by atoms with Crippen LogP contribution in [0.15, 0.2) is 52.7 Å². The van der Waals surface area contributed by atoms with Gasteiger partial charge in [-0.15, -0.1) is 0 Å². The number of rotatable bonds is 5. The topological polar surface area (TPSA) is 97.5 Å². The molecule has 0 heterocycles. The van der Waals surface area contributed by atoms with Gasteiger partial charge in [0.2, 0.25) is 0 Å². The molecule has 0 aliphatic carbocycles. The van der Waals surface area contributed by atoms with Crippen LogP contribution in [-0.4, -0.2) is 6.54 Å². The normalized spacial score (nSPS) is 11.5. The molecule has 0 aliphatic heterocycles. The highest BCUT2D eigenvalue weighted by Crippen LogP contribution is 2.18. The number of hydrogen-bond donors (Lipinski definition) is 0. The summed E-state index contributed by atoms with van der Waals surface area (Å²) in [6, 6.07) is 9.02. The van der Waals surface area contributed by atoms with Crippen LogP contribution >= 0.6 is 0 Å². The maximum absolute atomic E-state index is 8.44. The molecule has 1 unspecified atom stereocenters. The minimum absolute atomic E-state index is 0.251. The molecular formula is C10H10N6. The zero-order chi connectivity index (χ0) is 11.6. The quantitative estimate of drug-likeness (QED) is 0.307. The second-order valence-corrected chi connectivity index (χ2v) is 2.90. The summed E-state index contributed by atoms with van der Waals surface area (Å²) in [6.07, 6.45) is 3.38. The van der Waals surface area contributed by atoms with Crippen molar-refractivity contribution in [3.63, 3.8) is 0 Å². The van der Waals surface area contributed by atoms with Crippen molar-refractivity contribution in [1.82, 2.24) is 0 Å². The molecule has 0 N–H and O–H groups in total. The van der Waals surface area contributed by atoms with Crippen LogP contribution in [0.4, 0.5) is 0 Å². The van der Waals surface area contributed by atoms with E-state index in [1.807, 2.05) is 30.3 Å². The molecule has 1 atom stereocenters. The molecule has 6 nitrogen and oxygen atoms in total. The highest BCUT2D eigenvalue weighted by atomic mass is 15.1. The molecule has 80 valence electrons. The Kier molecular flexibility index (Phi) is 5.06. The van der Waals surface area contributed by atoms with Gasteiger partial charge < -0.3 is 0 Å². The van der Waals surface area contributed by atoms with Crippen LogP contribution < -0.4 is 0 Å². The van der Waals surface area contributed by atoms with Crippen LogP contribution in [0.25, 0.3) is 20.9 Å². The van der Waals surface area contributed by atoms with E-state index in [1.54, 1.807) is 12.2 Å². The summed E-state index contributed by atoms with van der Waals surface area (Å²) in [5.74, 6) is 0. The third-order valence-electron chi connectivity index (χ3n) is 1.89. The van der Waals surface area contributed by atoms with Gasteiger partial charge >= 0.3 is 0 Å². The van der Waals surface area contributed by atoms with E-state index in [9.17, 15) is 0 Å². The maximum atomic E-state index is 8.44. The highest BCUT2D eigenvalue weighted by molar-refractivity contribution is 5.23. The second kappa shape index (κ2) is 6.95. The zero-order valence-electron chi connectivity index (χ0n) is 8.51. The summed E-state index contributed by atoms with van der Waals surface area (Å²) in [5.41, 5.74) is 17.4. The Morgan fingerprint density at radius 3 is 2.56 bits per heavy atom. The van der Waals surface area contributed by atoms with Crippen LogP contribution in [-0.2, 0) is 0 Å². The number of azide groups is 2. The van der Waals surface area contributed by atoms with Gasteiger partial charge in [0.15, 0.2) is 0 Å². The van der Waals surface area contributed by atoms with Gasteiger partial charge in [-0.2, -0.15) is 0 Å². The predicted octanol–water partition coefficient (Wildman–Crippen LogP) is 3.90. The Bertz CT molecular complexity index is 440. The molecular weight excluding hydrogens is 204 g/mol. The van der Waals surface area contributed by atoms with E-state index in [1.165, 1.54) is 0 Å². The number of hydrogen-bond acceptors (Lipinski definition) is 2. The molecule has 0 bridgehead atoms. The predicted molar refractivity (Wildman–Crippen MR) is 61.5 cm³/mol. The van der Waals surface area contributed by atoms with Crippen LogP contribution in [0.5, 0.6) is 0 Å². The van der Waals surface area contributed by atoms with Crippen LogP contribution in [0.1, 0.15) is 11.6 Å². The van der Waals surface area contributed by atoms with Crippen LogP contribution in [0.2, 0.25) is 0 Å². The van der Waals surface area contributed by atoms with Crippen molar-refractivity contribution < 1.29 is 0 Å². The van der Waals surface area contributed by atoms with E-state index in [2.05, 4.69) is 20.1 Å². The summed E-state index contributed by atoms with van der Waals surface area (Å²) >= 11 is 0. The number of benzene rings is 1. The van der Waals surface area contributed by atoms with Crippen molar-refractivity contribution in [3.8, 4) is 0 Å². The van der Waals surface area contributed by atoms with Crippen molar-refractivity contribution in [2.75, 3.05) is 6.54 Å². The number of nitrogens with zero attached hydrogens (tertiary/aromatic N) is 6. The third-order valence-corrected chi connectivity index (χ3v) is 1.89. The molecule has 0 amide bonds. The maximum Gasteiger partial charge on any atom is 0.0806 e. The van der Waals surface area contributed by atoms with Gasteiger partial charge in [0.1, 0.15) is 0 Å². The Balaban J connectivity index is 2.80. The summed E-state index contributed by atoms with van der Waals surface area (Å²) in [6.45, 7) is 0.251. The standard InChI is InChI=1S/C10H10N6/c11-15-13-8-4-7-10(14-16-12)9-5-2-1-3-6-9/h1-7,10H,8H2/b7-4+. The molecule has 6 heteroatoms. The van der Waals surface area contributed by atoms with Crippen molar-refractivity contribution in [2.24, 2.45) is 10.2 Å². The molecule has 1 aromatic carbocycles. The van der Waals surface area contributed by atoms with Gasteiger partial charge in [-0.1, -0.05) is 52.7 Å². The first-order chi connectivity index (χ1) is 7.88. The van der Waals surface area contributed by atoms with Gasteiger partial charge in [0, 0.05) is 16.4 Å². The third kappa shape index (κ3) is 3.75. The first-order valence-electron chi connectivity index (χ1n) is 4.65. The molecule has 1 rings (SSSR count). The molecule has 0 spiro atoms. The Morgan fingerprint density at radius 2 is 1.94 bits per heavy atom. The average Bonchev–Trinajstić information content (AvgIpc) is 2.34. The molecule has 16 heavy (non-hydrogen) atoms. The summed E-state index contributed by atoms with van der Waals surface area (Å²) in [4.78, 5) is 5.40. The fourth-order valence-electron chi connectivity index (χ4n) is 1.20. The SMILES string of the molecule is [N-]=[N+]=NC/C=C/C(N=[N+]=[N-])c1ccccc1. The minimum Gasteiger partial charge on any atom is -0.0899 e. The fourth-order valence-corrected chi connectivity index (χ4v) is 1.20. The van der Waals surface area contributed by atoms with Gasteiger partial charge in [-0.05, 0) is 16.6 Å². The molecule has 0 aromatic heterocycles. The smallest absolute Gasteiger partial charge is 0.0806 e. The summed E-state index contributed by atoms with van der Waals surface area (Å²) < 4.78 is 0. The zero-order valence-corrected chi connectivity index (χ0v) is 8.51. The van der Waals surface area contributed by atoms with Crippen molar-refractivity contribution in [3.05, 3.63) is 68.9 Å². The first-order valence-corrected chi connectivity index (χ1v) is 4.65. The van der Waals surface area contributed by atoms with E-state index in [4.69, 9.17) is 11.1 Å². The molecule has 0 fully saturated rings. The van der Waals surface area contributed by atoms with Crippen LogP contribution in [0, 0.1) is 0 Å². The van der Waals surface area contributed by atoms with Gasteiger partial charge in [-0.3, -0.25) is 0 Å². The summed E-state index contributed by atoms with van der Waals surface area (Å²) in [5, 5.41) is 7.01. The van der Waals surface area contributed by atoms with Gasteiger partial charge in [0.25, 0.3) is 0 Å². The largest absolute Gasteiger partial charge is 0.0899 e. The van der Waals surface area contributed by atoms with Gasteiger partial charge in [0.05, 0.1) is 6.04 Å². The lowest BCUT2D eigenvalue weighted by Crippen LogP contribution is -1.89. The van der Waals surface area contributed by atoms with E-state index >= 15 is 0 Å². The lowest BCUT2D eigenvalue weighted by Gasteiger charge is -2.04. The Morgan fingerprint density at radius 1 is 1.19 bits per heavy atom. The van der Waals surface area contributed by atoms with Crippen molar-refractivity contribution >= 4 is 0 Å². The van der Waals surface area contributed by atoms with Gasteiger partial charge in [-0.25, -0.2) is 0 Å². The van der Waals surface area contributed by atoms with Crippen LogP contribution in [0.3, 0.4) is 0 Å². The van der Waals surface area contributed by atoms with E-state index in [-0.39, 0.29) is 12.6 Å². The lowest BCUT2D eigenvalue weighted by atomic mass is 10.1. The van der Waals surface area contributed by atoms with E-state index in [0.29, 0.717) is 0 Å². The van der Waals surface area contributed by atoms with Crippen molar-refractivity contribution in [2.45, 2.75) is 6.04 Å². The molecule has 0 saturated carbocycles.